The maximum atomic E-state index is 8.47. The number of rotatable bonds is 3. The van der Waals surface area contributed by atoms with E-state index in [-0.39, 0.29) is 0 Å². The minimum atomic E-state index is 0.403. The van der Waals surface area contributed by atoms with Gasteiger partial charge in [0.2, 0.25) is 0 Å². The van der Waals surface area contributed by atoms with Gasteiger partial charge in [0, 0.05) is 6.54 Å². The van der Waals surface area contributed by atoms with Crippen LogP contribution in [-0.4, -0.2) is 18.5 Å². The van der Waals surface area contributed by atoms with E-state index >= 15 is 0 Å². The largest absolute Gasteiger partial charge is 0.289 e. The molecule has 0 atom stereocenters. The van der Waals surface area contributed by atoms with Crippen molar-refractivity contribution in [3.05, 3.63) is 33.8 Å². The molecule has 2 nitrogen and oxygen atoms in total. The lowest BCUT2D eigenvalue weighted by Gasteiger charge is -2.12. The van der Waals surface area contributed by atoms with E-state index in [0.717, 1.165) is 5.56 Å². The summed E-state index contributed by atoms with van der Waals surface area (Å²) in [4.78, 5) is 1.90. The number of benzene rings is 1. The second-order valence-corrected chi connectivity index (χ2v) is 3.89. The summed E-state index contributed by atoms with van der Waals surface area (Å²) in [6.45, 7) is 1.10. The van der Waals surface area contributed by atoms with E-state index in [9.17, 15) is 0 Å². The van der Waals surface area contributed by atoms with Gasteiger partial charge < -0.3 is 0 Å². The summed E-state index contributed by atoms with van der Waals surface area (Å²) in [6.07, 6.45) is 0. The van der Waals surface area contributed by atoms with Crippen LogP contribution in [0.15, 0.2) is 18.2 Å². The molecule has 0 heterocycles. The number of nitrogens with zero attached hydrogens (tertiary/aromatic N) is 2. The predicted molar refractivity (Wildman–Crippen MR) is 58.4 cm³/mol. The quantitative estimate of drug-likeness (QED) is 0.745. The molecule has 1 aromatic rings. The minimum absolute atomic E-state index is 0.403. The van der Waals surface area contributed by atoms with Crippen molar-refractivity contribution in [1.82, 2.24) is 4.90 Å². The molecule has 0 radical (unpaired) electrons. The molecular formula is C10H10Cl2N2. The SMILES string of the molecule is CN(CC#N)Cc1ccc(Cl)c(Cl)c1. The summed E-state index contributed by atoms with van der Waals surface area (Å²) in [5, 5.41) is 9.58. The maximum Gasteiger partial charge on any atom is 0.0866 e. The van der Waals surface area contributed by atoms with Crippen LogP contribution in [-0.2, 0) is 6.54 Å². The number of halogens is 2. The molecule has 0 fully saturated rings. The molecule has 1 aromatic carbocycles. The topological polar surface area (TPSA) is 27.0 Å². The molecule has 0 bridgehead atoms. The molecule has 0 spiro atoms. The standard InChI is InChI=1S/C10H10Cl2N2/c1-14(5-4-13)7-8-2-3-9(11)10(12)6-8/h2-3,6H,5,7H2,1H3. The van der Waals surface area contributed by atoms with E-state index in [0.29, 0.717) is 23.1 Å². The Morgan fingerprint density at radius 3 is 2.64 bits per heavy atom. The Bertz CT molecular complexity index is 358. The molecule has 14 heavy (non-hydrogen) atoms. The van der Waals surface area contributed by atoms with Crippen LogP contribution in [0.5, 0.6) is 0 Å². The fraction of sp³-hybridized carbons (Fsp3) is 0.300. The third-order valence-electron chi connectivity index (χ3n) is 1.78. The molecule has 1 rings (SSSR count). The van der Waals surface area contributed by atoms with Crippen LogP contribution >= 0.6 is 23.2 Å². The smallest absolute Gasteiger partial charge is 0.0866 e. The van der Waals surface area contributed by atoms with Crippen LogP contribution < -0.4 is 0 Å². The molecule has 4 heteroatoms. The van der Waals surface area contributed by atoms with Gasteiger partial charge in [-0.1, -0.05) is 29.3 Å². The Kier molecular flexibility index (Phi) is 4.21. The van der Waals surface area contributed by atoms with Crippen molar-refractivity contribution < 1.29 is 0 Å². The molecule has 0 aliphatic heterocycles. The number of hydrogen-bond donors (Lipinski definition) is 0. The van der Waals surface area contributed by atoms with Gasteiger partial charge in [-0.2, -0.15) is 5.26 Å². The summed E-state index contributed by atoms with van der Waals surface area (Å²) in [5.74, 6) is 0. The zero-order valence-corrected chi connectivity index (χ0v) is 9.31. The average molecular weight is 229 g/mol. The summed E-state index contributed by atoms with van der Waals surface area (Å²) < 4.78 is 0. The lowest BCUT2D eigenvalue weighted by Crippen LogP contribution is -2.17. The highest BCUT2D eigenvalue weighted by Crippen LogP contribution is 2.22. The first kappa shape index (κ1) is 11.3. The first-order chi connectivity index (χ1) is 6.63. The highest BCUT2D eigenvalue weighted by atomic mass is 35.5. The van der Waals surface area contributed by atoms with E-state index in [1.807, 2.05) is 24.1 Å². The van der Waals surface area contributed by atoms with Gasteiger partial charge in [0.1, 0.15) is 0 Å². The van der Waals surface area contributed by atoms with Crippen molar-refractivity contribution >= 4 is 23.2 Å². The van der Waals surface area contributed by atoms with Gasteiger partial charge in [0.15, 0.2) is 0 Å². The van der Waals surface area contributed by atoms with Crippen molar-refractivity contribution in [3.63, 3.8) is 0 Å². The van der Waals surface area contributed by atoms with E-state index in [1.165, 1.54) is 0 Å². The predicted octanol–water partition coefficient (Wildman–Crippen LogP) is 2.95. The fourth-order valence-corrected chi connectivity index (χ4v) is 1.45. The van der Waals surface area contributed by atoms with Crippen molar-refractivity contribution in [2.45, 2.75) is 6.54 Å². The first-order valence-electron chi connectivity index (χ1n) is 4.13. The molecule has 0 saturated heterocycles. The molecule has 0 unspecified atom stereocenters. The van der Waals surface area contributed by atoms with Crippen LogP contribution in [0.1, 0.15) is 5.56 Å². The normalized spacial score (nSPS) is 10.2. The van der Waals surface area contributed by atoms with Crippen molar-refractivity contribution in [2.24, 2.45) is 0 Å². The van der Waals surface area contributed by atoms with Crippen molar-refractivity contribution in [3.8, 4) is 6.07 Å². The molecular weight excluding hydrogens is 219 g/mol. The number of hydrogen-bond acceptors (Lipinski definition) is 2. The summed E-state index contributed by atoms with van der Waals surface area (Å²) >= 11 is 11.6. The molecule has 0 aliphatic carbocycles. The van der Waals surface area contributed by atoms with Gasteiger partial charge in [-0.25, -0.2) is 0 Å². The first-order valence-corrected chi connectivity index (χ1v) is 4.88. The second-order valence-electron chi connectivity index (χ2n) is 3.08. The molecule has 0 aliphatic rings. The van der Waals surface area contributed by atoms with Gasteiger partial charge in [-0.15, -0.1) is 0 Å². The Balaban J connectivity index is 2.69. The summed E-state index contributed by atoms with van der Waals surface area (Å²) in [5.41, 5.74) is 1.05. The van der Waals surface area contributed by atoms with Crippen LogP contribution in [0.3, 0.4) is 0 Å². The van der Waals surface area contributed by atoms with Crippen LogP contribution in [0, 0.1) is 11.3 Å². The maximum absolute atomic E-state index is 8.47. The van der Waals surface area contributed by atoms with Gasteiger partial charge >= 0.3 is 0 Å². The molecule has 0 aromatic heterocycles. The van der Waals surface area contributed by atoms with Crippen LogP contribution in [0.2, 0.25) is 10.0 Å². The van der Waals surface area contributed by atoms with E-state index < -0.39 is 0 Å². The van der Waals surface area contributed by atoms with Crippen molar-refractivity contribution in [2.75, 3.05) is 13.6 Å². The zero-order valence-electron chi connectivity index (χ0n) is 7.80. The zero-order chi connectivity index (χ0) is 10.6. The molecule has 0 N–H and O–H groups in total. The van der Waals surface area contributed by atoms with Crippen LogP contribution in [0.25, 0.3) is 0 Å². The third-order valence-corrected chi connectivity index (χ3v) is 2.52. The Morgan fingerprint density at radius 1 is 1.36 bits per heavy atom. The minimum Gasteiger partial charge on any atom is -0.289 e. The van der Waals surface area contributed by atoms with E-state index in [4.69, 9.17) is 28.5 Å². The van der Waals surface area contributed by atoms with E-state index in [1.54, 1.807) is 6.07 Å². The van der Waals surface area contributed by atoms with E-state index in [2.05, 4.69) is 6.07 Å². The highest BCUT2D eigenvalue weighted by Gasteiger charge is 2.02. The van der Waals surface area contributed by atoms with Gasteiger partial charge in [0.25, 0.3) is 0 Å². The number of nitriles is 1. The van der Waals surface area contributed by atoms with Gasteiger partial charge in [-0.05, 0) is 24.7 Å². The molecule has 74 valence electrons. The Morgan fingerprint density at radius 2 is 2.07 bits per heavy atom. The third kappa shape index (κ3) is 3.19. The van der Waals surface area contributed by atoms with Gasteiger partial charge in [-0.3, -0.25) is 4.90 Å². The molecule has 0 saturated carbocycles. The Labute approximate surface area is 93.7 Å². The second kappa shape index (κ2) is 5.21. The lowest BCUT2D eigenvalue weighted by atomic mass is 10.2. The fourth-order valence-electron chi connectivity index (χ4n) is 1.13. The summed E-state index contributed by atoms with van der Waals surface area (Å²) in [7, 11) is 1.88. The summed E-state index contributed by atoms with van der Waals surface area (Å²) in [6, 6.07) is 7.57. The van der Waals surface area contributed by atoms with Crippen molar-refractivity contribution in [1.29, 1.82) is 5.26 Å². The molecule has 0 amide bonds. The monoisotopic (exact) mass is 228 g/mol. The van der Waals surface area contributed by atoms with Gasteiger partial charge in [0.05, 0.1) is 22.7 Å². The highest BCUT2D eigenvalue weighted by molar-refractivity contribution is 6.42. The van der Waals surface area contributed by atoms with Crippen LogP contribution in [0.4, 0.5) is 0 Å². The average Bonchev–Trinajstić information content (AvgIpc) is 2.12. The lowest BCUT2D eigenvalue weighted by molar-refractivity contribution is 0.367. The Hall–Kier alpha value is -0.750.